The fraction of sp³-hybridized carbons (Fsp3) is 0.200. The van der Waals surface area contributed by atoms with Gasteiger partial charge in [0.15, 0.2) is 0 Å². The molecule has 1 aromatic heterocycles. The standard InChI is InChI=1S/C20H18N2O6S2/c1-10(2)16(17(24)21-11-5-6-14(23)13(8-11)19(26)27)22-18(25)15(30-20(22)29)9-12-4-3-7-28-12/h3-10,16,23H,1-2H3,(H,21,24)(H,26,27)/b15-9-/t16-/m1/s1. The summed E-state index contributed by atoms with van der Waals surface area (Å²) in [6.07, 6.45) is 3.05. The topological polar surface area (TPSA) is 120 Å². The average molecular weight is 447 g/mol. The number of hydrogen-bond acceptors (Lipinski definition) is 7. The molecule has 3 rings (SSSR count). The van der Waals surface area contributed by atoms with Gasteiger partial charge in [0, 0.05) is 11.8 Å². The zero-order valence-electron chi connectivity index (χ0n) is 16.0. The predicted molar refractivity (Wildman–Crippen MR) is 116 cm³/mol. The predicted octanol–water partition coefficient (Wildman–Crippen LogP) is 3.55. The summed E-state index contributed by atoms with van der Waals surface area (Å²) in [6, 6.07) is 6.17. The van der Waals surface area contributed by atoms with Crippen LogP contribution in [-0.2, 0) is 9.59 Å². The molecule has 0 spiro atoms. The van der Waals surface area contributed by atoms with Crippen LogP contribution in [0.25, 0.3) is 6.08 Å². The van der Waals surface area contributed by atoms with Crippen molar-refractivity contribution in [3.8, 4) is 5.75 Å². The third-order valence-electron chi connectivity index (χ3n) is 4.31. The molecule has 1 fully saturated rings. The minimum atomic E-state index is -1.33. The van der Waals surface area contributed by atoms with E-state index in [2.05, 4.69) is 5.32 Å². The van der Waals surface area contributed by atoms with Crippen molar-refractivity contribution >= 4 is 57.8 Å². The van der Waals surface area contributed by atoms with Gasteiger partial charge in [0.1, 0.15) is 27.4 Å². The van der Waals surface area contributed by atoms with Gasteiger partial charge in [-0.15, -0.1) is 0 Å². The number of aromatic hydroxyl groups is 1. The minimum Gasteiger partial charge on any atom is -0.507 e. The lowest BCUT2D eigenvalue weighted by Crippen LogP contribution is -2.49. The number of anilines is 1. The Morgan fingerprint density at radius 2 is 2.03 bits per heavy atom. The molecule has 1 aliphatic rings. The maximum absolute atomic E-state index is 13.0. The van der Waals surface area contributed by atoms with Crippen LogP contribution < -0.4 is 5.32 Å². The smallest absolute Gasteiger partial charge is 0.339 e. The second kappa shape index (κ2) is 8.72. The van der Waals surface area contributed by atoms with Crippen LogP contribution in [0.15, 0.2) is 45.9 Å². The molecule has 8 nitrogen and oxygen atoms in total. The van der Waals surface area contributed by atoms with Crippen LogP contribution >= 0.6 is 24.0 Å². The van der Waals surface area contributed by atoms with Crippen molar-refractivity contribution in [1.29, 1.82) is 0 Å². The number of thiocarbonyl (C=S) groups is 1. The van der Waals surface area contributed by atoms with Crippen molar-refractivity contribution in [3.63, 3.8) is 0 Å². The van der Waals surface area contributed by atoms with Gasteiger partial charge >= 0.3 is 5.97 Å². The number of rotatable bonds is 6. The number of amides is 2. The van der Waals surface area contributed by atoms with Crippen molar-refractivity contribution in [3.05, 3.63) is 52.8 Å². The number of carboxylic acid groups (broad SMARTS) is 1. The number of carbonyl (C=O) groups is 3. The Hall–Kier alpha value is -3.11. The van der Waals surface area contributed by atoms with Gasteiger partial charge in [0.25, 0.3) is 5.91 Å². The Labute approximate surface area is 181 Å². The Kier molecular flexibility index (Phi) is 6.28. The average Bonchev–Trinajstić information content (AvgIpc) is 3.27. The highest BCUT2D eigenvalue weighted by atomic mass is 32.2. The summed E-state index contributed by atoms with van der Waals surface area (Å²) in [4.78, 5) is 38.8. The third-order valence-corrected chi connectivity index (χ3v) is 5.64. The maximum Gasteiger partial charge on any atom is 0.339 e. The van der Waals surface area contributed by atoms with Crippen LogP contribution in [0, 0.1) is 5.92 Å². The first-order valence-corrected chi connectivity index (χ1v) is 10.1. The van der Waals surface area contributed by atoms with Crippen LogP contribution in [0.3, 0.4) is 0 Å². The highest BCUT2D eigenvalue weighted by molar-refractivity contribution is 8.26. The van der Waals surface area contributed by atoms with E-state index >= 15 is 0 Å². The first-order chi connectivity index (χ1) is 14.2. The van der Waals surface area contributed by atoms with Crippen molar-refractivity contribution in [2.24, 2.45) is 5.92 Å². The summed E-state index contributed by atoms with van der Waals surface area (Å²) < 4.78 is 5.48. The second-order valence-electron chi connectivity index (χ2n) is 6.78. The normalized spacial score (nSPS) is 16.4. The molecule has 1 atom stereocenters. The monoisotopic (exact) mass is 446 g/mol. The van der Waals surface area contributed by atoms with E-state index < -0.39 is 29.6 Å². The van der Waals surface area contributed by atoms with Gasteiger partial charge in [-0.05, 0) is 36.2 Å². The fourth-order valence-electron chi connectivity index (χ4n) is 2.94. The summed E-state index contributed by atoms with van der Waals surface area (Å²) in [5, 5.41) is 21.4. The van der Waals surface area contributed by atoms with Gasteiger partial charge in [-0.2, -0.15) is 0 Å². The van der Waals surface area contributed by atoms with Crippen LogP contribution in [-0.4, -0.2) is 43.3 Å². The summed E-state index contributed by atoms with van der Waals surface area (Å²) in [7, 11) is 0. The van der Waals surface area contributed by atoms with E-state index in [1.807, 2.05) is 0 Å². The third kappa shape index (κ3) is 4.39. The van der Waals surface area contributed by atoms with Crippen molar-refractivity contribution in [2.75, 3.05) is 5.32 Å². The molecule has 1 aromatic carbocycles. The number of hydrogen-bond donors (Lipinski definition) is 3. The molecule has 3 N–H and O–H groups in total. The van der Waals surface area contributed by atoms with Gasteiger partial charge in [-0.25, -0.2) is 4.79 Å². The molecule has 0 bridgehead atoms. The van der Waals surface area contributed by atoms with E-state index in [0.29, 0.717) is 10.7 Å². The van der Waals surface area contributed by atoms with Crippen LogP contribution in [0.1, 0.15) is 30.0 Å². The number of furan rings is 1. The van der Waals surface area contributed by atoms with E-state index in [1.54, 1.807) is 32.1 Å². The van der Waals surface area contributed by atoms with Gasteiger partial charge in [0.05, 0.1) is 11.2 Å². The second-order valence-corrected chi connectivity index (χ2v) is 8.46. The fourth-order valence-corrected chi connectivity index (χ4v) is 4.25. The number of nitrogens with zero attached hydrogens (tertiary/aromatic N) is 1. The van der Waals surface area contributed by atoms with Gasteiger partial charge in [-0.3, -0.25) is 14.5 Å². The molecule has 0 aliphatic carbocycles. The molecule has 156 valence electrons. The van der Waals surface area contributed by atoms with Crippen LogP contribution in [0.4, 0.5) is 5.69 Å². The number of aromatic carboxylic acids is 1. The van der Waals surface area contributed by atoms with E-state index in [-0.39, 0.29) is 21.5 Å². The molecule has 2 heterocycles. The van der Waals surface area contributed by atoms with Crippen molar-refractivity contribution < 1.29 is 29.0 Å². The van der Waals surface area contributed by atoms with E-state index in [9.17, 15) is 19.5 Å². The lowest BCUT2D eigenvalue weighted by atomic mass is 10.0. The lowest BCUT2D eigenvalue weighted by molar-refractivity contribution is -0.131. The highest BCUT2D eigenvalue weighted by Gasteiger charge is 2.42. The molecule has 30 heavy (non-hydrogen) atoms. The minimum absolute atomic E-state index is 0.178. The first-order valence-electron chi connectivity index (χ1n) is 8.86. The molecular weight excluding hydrogens is 428 g/mol. The number of nitrogens with one attached hydrogen (secondary N) is 1. The summed E-state index contributed by atoms with van der Waals surface area (Å²) in [5.74, 6) is -2.47. The number of carbonyl (C=O) groups excluding carboxylic acids is 2. The van der Waals surface area contributed by atoms with E-state index in [1.165, 1.54) is 23.3 Å². The van der Waals surface area contributed by atoms with E-state index in [0.717, 1.165) is 17.8 Å². The van der Waals surface area contributed by atoms with Crippen LogP contribution in [0.2, 0.25) is 0 Å². The lowest BCUT2D eigenvalue weighted by Gasteiger charge is -2.29. The van der Waals surface area contributed by atoms with Crippen molar-refractivity contribution in [2.45, 2.75) is 19.9 Å². The SMILES string of the molecule is CC(C)[C@H](C(=O)Nc1ccc(O)c(C(=O)O)c1)N1C(=O)/C(=C/c2ccco2)SC1=S. The first kappa shape index (κ1) is 21.6. The zero-order chi connectivity index (χ0) is 22.0. The summed E-state index contributed by atoms with van der Waals surface area (Å²) in [5.41, 5.74) is -0.168. The summed E-state index contributed by atoms with van der Waals surface area (Å²) >= 11 is 6.42. The number of benzene rings is 1. The quantitative estimate of drug-likeness (QED) is 0.350. The molecule has 1 aliphatic heterocycles. The molecule has 10 heteroatoms. The molecule has 2 amide bonds. The number of thioether (sulfide) groups is 1. The summed E-state index contributed by atoms with van der Waals surface area (Å²) in [6.45, 7) is 3.55. The Balaban J connectivity index is 1.86. The largest absolute Gasteiger partial charge is 0.507 e. The molecule has 0 unspecified atom stereocenters. The van der Waals surface area contributed by atoms with Crippen molar-refractivity contribution in [1.82, 2.24) is 4.90 Å². The van der Waals surface area contributed by atoms with Gasteiger partial charge in [0.2, 0.25) is 5.91 Å². The molecule has 0 saturated carbocycles. The van der Waals surface area contributed by atoms with E-state index in [4.69, 9.17) is 21.7 Å². The number of carboxylic acids is 1. The van der Waals surface area contributed by atoms with Crippen LogP contribution in [0.5, 0.6) is 5.75 Å². The highest BCUT2D eigenvalue weighted by Crippen LogP contribution is 2.36. The Morgan fingerprint density at radius 1 is 1.30 bits per heavy atom. The number of phenols is 1. The Bertz CT molecular complexity index is 1050. The zero-order valence-corrected chi connectivity index (χ0v) is 17.6. The van der Waals surface area contributed by atoms with Gasteiger partial charge < -0.3 is 19.9 Å². The molecule has 1 saturated heterocycles. The Morgan fingerprint density at radius 3 is 2.63 bits per heavy atom. The molecule has 0 radical (unpaired) electrons. The molecule has 2 aromatic rings. The molecular formula is C20H18N2O6S2. The van der Waals surface area contributed by atoms with Gasteiger partial charge in [-0.1, -0.05) is 37.8 Å². The maximum atomic E-state index is 13.0.